The van der Waals surface area contributed by atoms with Crippen molar-refractivity contribution in [1.82, 2.24) is 19.3 Å². The molecule has 1 amide bonds. The number of carbonyl (C=O) groups excluding carboxylic acids is 1. The number of likely N-dealkylation sites (N-methyl/N-ethyl adjacent to an activating group) is 1. The minimum atomic E-state index is -1.22. The fourth-order valence-electron chi connectivity index (χ4n) is 2.13. The first-order chi connectivity index (χ1) is 11.1. The van der Waals surface area contributed by atoms with Gasteiger partial charge in [0.1, 0.15) is 10.4 Å². The standard InChI is InChI=1S/C15H23N5O3S/c1-10(20(6)24(22)15(2,3)4)12-13(17-8-7-16-12)14-18-19(5)11(21)9-23-14/h7-8,10H,9H2,1-6H3. The van der Waals surface area contributed by atoms with Crippen LogP contribution in [0.25, 0.3) is 0 Å². The first kappa shape index (κ1) is 18.6. The molecule has 0 saturated carbocycles. The number of aromatic nitrogens is 2. The van der Waals surface area contributed by atoms with Crippen LogP contribution in [-0.2, 0) is 20.9 Å². The lowest BCUT2D eigenvalue weighted by atomic mass is 10.2. The Morgan fingerprint density at radius 1 is 1.38 bits per heavy atom. The summed E-state index contributed by atoms with van der Waals surface area (Å²) in [4.78, 5) is 20.2. The fourth-order valence-corrected chi connectivity index (χ4v) is 3.38. The molecule has 0 bridgehead atoms. The quantitative estimate of drug-likeness (QED) is 0.752. The molecular formula is C15H23N5O3S. The zero-order chi connectivity index (χ0) is 18.1. The highest BCUT2D eigenvalue weighted by molar-refractivity contribution is 7.90. The summed E-state index contributed by atoms with van der Waals surface area (Å²) in [5.41, 5.74) is 1.04. The maximum absolute atomic E-state index is 12.6. The molecule has 0 aliphatic carbocycles. The van der Waals surface area contributed by atoms with Gasteiger partial charge in [-0.15, -0.1) is 9.41 Å². The first-order valence-corrected chi connectivity index (χ1v) is 8.67. The van der Waals surface area contributed by atoms with Gasteiger partial charge in [-0.25, -0.2) is 9.99 Å². The molecule has 2 heterocycles. The van der Waals surface area contributed by atoms with Crippen molar-refractivity contribution in [2.75, 3.05) is 20.7 Å². The van der Waals surface area contributed by atoms with Crippen LogP contribution in [0.5, 0.6) is 0 Å². The van der Waals surface area contributed by atoms with Gasteiger partial charge in [0.15, 0.2) is 6.61 Å². The monoisotopic (exact) mass is 353 g/mol. The number of rotatable bonds is 4. The molecule has 1 aliphatic rings. The van der Waals surface area contributed by atoms with Crippen LogP contribution in [0.3, 0.4) is 0 Å². The molecule has 132 valence electrons. The summed E-state index contributed by atoms with van der Waals surface area (Å²) < 4.78 is 19.4. The highest BCUT2D eigenvalue weighted by Gasteiger charge is 2.36. The van der Waals surface area contributed by atoms with Gasteiger partial charge in [-0.2, -0.15) is 0 Å². The largest absolute Gasteiger partial charge is 0.597 e. The van der Waals surface area contributed by atoms with Crippen molar-refractivity contribution >= 4 is 23.2 Å². The number of hydrogen-bond acceptors (Lipinski definition) is 7. The van der Waals surface area contributed by atoms with E-state index in [0.717, 1.165) is 0 Å². The first-order valence-electron chi connectivity index (χ1n) is 7.57. The van der Waals surface area contributed by atoms with Crippen LogP contribution in [0, 0.1) is 0 Å². The van der Waals surface area contributed by atoms with Gasteiger partial charge in [0.2, 0.25) is 0 Å². The molecule has 8 nitrogen and oxygen atoms in total. The van der Waals surface area contributed by atoms with Crippen LogP contribution in [-0.4, -0.2) is 61.1 Å². The normalized spacial score (nSPS) is 18.2. The summed E-state index contributed by atoms with van der Waals surface area (Å²) in [7, 11) is 3.34. The van der Waals surface area contributed by atoms with Gasteiger partial charge >= 0.3 is 0 Å². The summed E-state index contributed by atoms with van der Waals surface area (Å²) in [5, 5.41) is 5.33. The maximum atomic E-state index is 12.6. The zero-order valence-electron chi connectivity index (χ0n) is 14.8. The molecule has 1 aliphatic heterocycles. The number of ether oxygens (including phenoxy) is 1. The number of hydrazone groups is 1. The Bertz CT molecular complexity index is 646. The molecule has 0 N–H and O–H groups in total. The topological polar surface area (TPSA) is 94.0 Å². The van der Waals surface area contributed by atoms with Gasteiger partial charge in [0, 0.05) is 37.9 Å². The fraction of sp³-hybridized carbons (Fsp3) is 0.600. The molecule has 0 aromatic carbocycles. The summed E-state index contributed by atoms with van der Waals surface area (Å²) in [5.74, 6) is 0.00480. The van der Waals surface area contributed by atoms with E-state index in [-0.39, 0.29) is 24.5 Å². The van der Waals surface area contributed by atoms with Crippen molar-refractivity contribution < 1.29 is 14.1 Å². The van der Waals surface area contributed by atoms with E-state index in [1.807, 2.05) is 27.7 Å². The SMILES string of the molecule is CC(c1nccnc1C1=NN(C)C(=O)CO1)N(C)[S+]([O-])C(C)(C)C. The second kappa shape index (κ2) is 7.04. The molecule has 2 unspecified atom stereocenters. The van der Waals surface area contributed by atoms with E-state index in [4.69, 9.17) is 4.74 Å². The third-order valence-electron chi connectivity index (χ3n) is 3.59. The van der Waals surface area contributed by atoms with Gasteiger partial charge in [0.05, 0.1) is 11.7 Å². The average Bonchev–Trinajstić information content (AvgIpc) is 2.54. The number of carbonyl (C=O) groups is 1. The van der Waals surface area contributed by atoms with Crippen LogP contribution in [0.2, 0.25) is 0 Å². The van der Waals surface area contributed by atoms with Crippen LogP contribution in [0.15, 0.2) is 17.5 Å². The number of amides is 1. The Morgan fingerprint density at radius 2 is 2.00 bits per heavy atom. The molecule has 0 fully saturated rings. The van der Waals surface area contributed by atoms with Crippen molar-refractivity contribution in [2.24, 2.45) is 5.10 Å². The summed E-state index contributed by atoms with van der Waals surface area (Å²) in [6, 6.07) is -0.275. The predicted octanol–water partition coefficient (Wildman–Crippen LogP) is 1.08. The van der Waals surface area contributed by atoms with Gasteiger partial charge in [-0.3, -0.25) is 9.78 Å². The van der Waals surface area contributed by atoms with Crippen molar-refractivity contribution in [3.8, 4) is 0 Å². The van der Waals surface area contributed by atoms with E-state index in [1.54, 1.807) is 24.6 Å². The lowest BCUT2D eigenvalue weighted by Crippen LogP contribution is -2.42. The second-order valence-corrected chi connectivity index (χ2v) is 8.78. The van der Waals surface area contributed by atoms with Gasteiger partial charge in [-0.05, 0) is 27.7 Å². The Balaban J connectivity index is 2.35. The molecule has 0 saturated heterocycles. The molecule has 0 spiro atoms. The maximum Gasteiger partial charge on any atom is 0.280 e. The van der Waals surface area contributed by atoms with Crippen molar-refractivity contribution in [1.29, 1.82) is 0 Å². The van der Waals surface area contributed by atoms with Gasteiger partial charge in [-0.1, -0.05) is 0 Å². The average molecular weight is 353 g/mol. The second-order valence-electron chi connectivity index (χ2n) is 6.49. The smallest absolute Gasteiger partial charge is 0.280 e. The van der Waals surface area contributed by atoms with Gasteiger partial charge < -0.3 is 9.29 Å². The molecular weight excluding hydrogens is 330 g/mol. The Hall–Kier alpha value is -1.71. The Kier molecular flexibility index (Phi) is 5.46. The molecule has 2 atom stereocenters. The van der Waals surface area contributed by atoms with E-state index >= 15 is 0 Å². The summed E-state index contributed by atoms with van der Waals surface area (Å²) in [6.07, 6.45) is 3.11. The van der Waals surface area contributed by atoms with Crippen molar-refractivity contribution in [3.05, 3.63) is 23.8 Å². The molecule has 24 heavy (non-hydrogen) atoms. The van der Waals surface area contributed by atoms with E-state index in [2.05, 4.69) is 15.1 Å². The Morgan fingerprint density at radius 3 is 2.58 bits per heavy atom. The van der Waals surface area contributed by atoms with Crippen LogP contribution in [0.1, 0.15) is 45.1 Å². The van der Waals surface area contributed by atoms with Crippen molar-refractivity contribution in [3.63, 3.8) is 0 Å². The van der Waals surface area contributed by atoms with Crippen molar-refractivity contribution in [2.45, 2.75) is 38.5 Å². The summed E-state index contributed by atoms with van der Waals surface area (Å²) in [6.45, 7) is 7.55. The molecule has 1 aromatic heterocycles. The van der Waals surface area contributed by atoms with E-state index in [9.17, 15) is 9.35 Å². The third-order valence-corrected chi connectivity index (χ3v) is 5.48. The Labute approximate surface area is 145 Å². The zero-order valence-corrected chi connectivity index (χ0v) is 15.6. The minimum Gasteiger partial charge on any atom is -0.597 e. The molecule has 2 rings (SSSR count). The van der Waals surface area contributed by atoms with Crippen LogP contribution in [0.4, 0.5) is 0 Å². The van der Waals surface area contributed by atoms with E-state index in [1.165, 1.54) is 11.2 Å². The highest BCUT2D eigenvalue weighted by Crippen LogP contribution is 2.28. The van der Waals surface area contributed by atoms with E-state index in [0.29, 0.717) is 11.4 Å². The third kappa shape index (κ3) is 3.85. The number of nitrogens with zero attached hydrogens (tertiary/aromatic N) is 5. The lowest BCUT2D eigenvalue weighted by Gasteiger charge is -2.33. The van der Waals surface area contributed by atoms with Crippen LogP contribution < -0.4 is 0 Å². The highest BCUT2D eigenvalue weighted by atomic mass is 32.2. The van der Waals surface area contributed by atoms with Crippen LogP contribution >= 0.6 is 0 Å². The minimum absolute atomic E-state index is 0.0938. The van der Waals surface area contributed by atoms with Gasteiger partial charge in [0.25, 0.3) is 11.8 Å². The molecule has 9 heteroatoms. The van der Waals surface area contributed by atoms with E-state index < -0.39 is 16.1 Å². The lowest BCUT2D eigenvalue weighted by molar-refractivity contribution is -0.134. The predicted molar refractivity (Wildman–Crippen MR) is 91.4 cm³/mol. The molecule has 1 aromatic rings. The number of hydrogen-bond donors (Lipinski definition) is 0. The molecule has 0 radical (unpaired) electrons. The summed E-state index contributed by atoms with van der Waals surface area (Å²) >= 11 is -1.22.